The Kier molecular flexibility index (Phi) is 6.01. The van der Waals surface area contributed by atoms with E-state index < -0.39 is 0 Å². The summed E-state index contributed by atoms with van der Waals surface area (Å²) in [6, 6.07) is 20.7. The summed E-state index contributed by atoms with van der Waals surface area (Å²) < 4.78 is 5.90. The summed E-state index contributed by atoms with van der Waals surface area (Å²) in [7, 11) is 0. The molecule has 2 aromatic heterocycles. The minimum atomic E-state index is -0.162. The molecule has 1 amide bonds. The average Bonchev–Trinajstić information content (AvgIpc) is 3.17. The first-order valence-electron chi connectivity index (χ1n) is 9.41. The van der Waals surface area contributed by atoms with Crippen molar-refractivity contribution in [1.82, 2.24) is 9.97 Å². The van der Waals surface area contributed by atoms with Gasteiger partial charge in [0.2, 0.25) is 5.91 Å². The zero-order valence-electron chi connectivity index (χ0n) is 16.3. The molecule has 2 N–H and O–H groups in total. The Morgan fingerprint density at radius 3 is 2.70 bits per heavy atom. The van der Waals surface area contributed by atoms with Gasteiger partial charge in [0.25, 0.3) is 0 Å². The van der Waals surface area contributed by atoms with E-state index in [-0.39, 0.29) is 12.3 Å². The number of hydrogen-bond donors (Lipinski definition) is 2. The van der Waals surface area contributed by atoms with Crippen LogP contribution in [0.3, 0.4) is 0 Å². The minimum Gasteiger partial charge on any atom is -0.455 e. The normalized spacial score (nSPS) is 10.4. The van der Waals surface area contributed by atoms with E-state index in [1.165, 1.54) is 11.3 Å². The largest absolute Gasteiger partial charge is 0.455 e. The van der Waals surface area contributed by atoms with E-state index in [1.807, 2.05) is 79.0 Å². The van der Waals surface area contributed by atoms with E-state index in [0.717, 1.165) is 11.4 Å². The summed E-state index contributed by atoms with van der Waals surface area (Å²) in [6.07, 6.45) is 1.91. The highest BCUT2D eigenvalue weighted by Gasteiger charge is 2.12. The number of carbonyl (C=O) groups is 1. The van der Waals surface area contributed by atoms with E-state index in [9.17, 15) is 4.79 Å². The fourth-order valence-electron chi connectivity index (χ4n) is 2.79. The number of ether oxygens (including phenoxy) is 1. The van der Waals surface area contributed by atoms with Crippen molar-refractivity contribution < 1.29 is 9.53 Å². The summed E-state index contributed by atoms with van der Waals surface area (Å²) >= 11 is 1.44. The lowest BCUT2D eigenvalue weighted by Crippen LogP contribution is -2.15. The van der Waals surface area contributed by atoms with Gasteiger partial charge in [-0.15, -0.1) is 11.3 Å². The van der Waals surface area contributed by atoms with Gasteiger partial charge in [0.05, 0.1) is 17.8 Å². The molecule has 0 aliphatic heterocycles. The second-order valence-corrected chi connectivity index (χ2v) is 7.48. The average molecular weight is 417 g/mol. The highest BCUT2D eigenvalue weighted by atomic mass is 32.1. The molecule has 0 unspecified atom stereocenters. The standard InChI is InChI=1S/C23H20N4O2S/c1-16-11-12-24-21(13-16)27-23-25-17(15-30-23)14-22(28)26-19-9-5-6-10-20(19)29-18-7-3-2-4-8-18/h2-13,15H,14H2,1H3,(H,26,28)(H,24,25,27). The molecule has 0 bridgehead atoms. The Morgan fingerprint density at radius 1 is 1.07 bits per heavy atom. The highest BCUT2D eigenvalue weighted by Crippen LogP contribution is 2.29. The topological polar surface area (TPSA) is 76.1 Å². The zero-order valence-corrected chi connectivity index (χ0v) is 17.1. The maximum atomic E-state index is 12.6. The molecular weight excluding hydrogens is 396 g/mol. The van der Waals surface area contributed by atoms with Gasteiger partial charge in [-0.25, -0.2) is 9.97 Å². The van der Waals surface area contributed by atoms with Gasteiger partial charge in [-0.3, -0.25) is 4.79 Å². The maximum Gasteiger partial charge on any atom is 0.230 e. The van der Waals surface area contributed by atoms with Crippen LogP contribution in [0.15, 0.2) is 78.3 Å². The molecule has 0 aliphatic carbocycles. The molecule has 0 saturated carbocycles. The molecule has 30 heavy (non-hydrogen) atoms. The Hall–Kier alpha value is -3.71. The first-order valence-corrected chi connectivity index (χ1v) is 10.3. The number of pyridine rings is 1. The van der Waals surface area contributed by atoms with Crippen molar-refractivity contribution >= 4 is 33.9 Å². The van der Waals surface area contributed by atoms with Crippen molar-refractivity contribution in [1.29, 1.82) is 0 Å². The van der Waals surface area contributed by atoms with Gasteiger partial charge >= 0.3 is 0 Å². The van der Waals surface area contributed by atoms with Gasteiger partial charge in [0.15, 0.2) is 10.9 Å². The number of para-hydroxylation sites is 3. The molecule has 0 atom stereocenters. The number of amides is 1. The van der Waals surface area contributed by atoms with Crippen LogP contribution in [-0.2, 0) is 11.2 Å². The molecule has 2 heterocycles. The fourth-order valence-corrected chi connectivity index (χ4v) is 3.51. The molecule has 4 rings (SSSR count). The molecule has 2 aromatic carbocycles. The summed E-state index contributed by atoms with van der Waals surface area (Å²) in [5, 5.41) is 8.65. The molecule has 4 aromatic rings. The number of anilines is 3. The van der Waals surface area contributed by atoms with Crippen molar-refractivity contribution in [2.75, 3.05) is 10.6 Å². The van der Waals surface area contributed by atoms with E-state index in [1.54, 1.807) is 6.20 Å². The van der Waals surface area contributed by atoms with Crippen LogP contribution < -0.4 is 15.4 Å². The number of aryl methyl sites for hydroxylation is 1. The first-order chi connectivity index (χ1) is 14.7. The maximum absolute atomic E-state index is 12.6. The van der Waals surface area contributed by atoms with E-state index in [4.69, 9.17) is 4.74 Å². The van der Waals surface area contributed by atoms with E-state index in [0.29, 0.717) is 28.0 Å². The summed E-state index contributed by atoms with van der Waals surface area (Å²) in [5.74, 6) is 1.86. The Bertz CT molecular complexity index is 1140. The molecule has 150 valence electrons. The monoisotopic (exact) mass is 416 g/mol. The van der Waals surface area contributed by atoms with Crippen molar-refractivity contribution in [2.45, 2.75) is 13.3 Å². The summed E-state index contributed by atoms with van der Waals surface area (Å²) in [4.78, 5) is 21.3. The van der Waals surface area contributed by atoms with Gasteiger partial charge in [-0.2, -0.15) is 0 Å². The van der Waals surface area contributed by atoms with E-state index >= 15 is 0 Å². The van der Waals surface area contributed by atoms with Crippen LogP contribution in [0.2, 0.25) is 0 Å². The number of carbonyl (C=O) groups excluding carboxylic acids is 1. The number of benzene rings is 2. The summed E-state index contributed by atoms with van der Waals surface area (Å²) in [6.45, 7) is 2.00. The number of hydrogen-bond acceptors (Lipinski definition) is 6. The Morgan fingerprint density at radius 2 is 1.87 bits per heavy atom. The lowest BCUT2D eigenvalue weighted by molar-refractivity contribution is -0.115. The van der Waals surface area contributed by atoms with Crippen molar-refractivity contribution in [3.8, 4) is 11.5 Å². The fraction of sp³-hybridized carbons (Fsp3) is 0.0870. The van der Waals surface area contributed by atoms with Gasteiger partial charge < -0.3 is 15.4 Å². The van der Waals surface area contributed by atoms with E-state index in [2.05, 4.69) is 20.6 Å². The number of thiazole rings is 1. The predicted octanol–water partition coefficient (Wildman–Crippen LogP) is 5.56. The predicted molar refractivity (Wildman–Crippen MR) is 120 cm³/mol. The van der Waals surface area contributed by atoms with Crippen LogP contribution in [0.25, 0.3) is 0 Å². The van der Waals surface area contributed by atoms with Crippen molar-refractivity contribution in [3.63, 3.8) is 0 Å². The number of nitrogens with zero attached hydrogens (tertiary/aromatic N) is 2. The molecule has 7 heteroatoms. The molecule has 6 nitrogen and oxygen atoms in total. The van der Waals surface area contributed by atoms with Gasteiger partial charge in [-0.05, 0) is 48.9 Å². The third kappa shape index (κ3) is 5.21. The molecule has 0 spiro atoms. The third-order valence-electron chi connectivity index (χ3n) is 4.18. The van der Waals surface area contributed by atoms with Crippen LogP contribution in [0.1, 0.15) is 11.3 Å². The quantitative estimate of drug-likeness (QED) is 0.412. The lowest BCUT2D eigenvalue weighted by Gasteiger charge is -2.11. The Labute approximate surface area is 178 Å². The van der Waals surface area contributed by atoms with Crippen molar-refractivity contribution in [2.24, 2.45) is 0 Å². The van der Waals surface area contributed by atoms with Crippen molar-refractivity contribution in [3.05, 3.63) is 89.6 Å². The van der Waals surface area contributed by atoms with Crippen LogP contribution in [0.5, 0.6) is 11.5 Å². The van der Waals surface area contributed by atoms with Crippen LogP contribution in [-0.4, -0.2) is 15.9 Å². The number of nitrogens with one attached hydrogen (secondary N) is 2. The van der Waals surface area contributed by atoms with Gasteiger partial charge in [-0.1, -0.05) is 30.3 Å². The van der Waals surface area contributed by atoms with Crippen LogP contribution in [0, 0.1) is 6.92 Å². The second kappa shape index (κ2) is 9.19. The molecular formula is C23H20N4O2S. The Balaban J connectivity index is 1.39. The number of rotatable bonds is 7. The van der Waals surface area contributed by atoms with Gasteiger partial charge in [0, 0.05) is 11.6 Å². The zero-order chi connectivity index (χ0) is 20.8. The smallest absolute Gasteiger partial charge is 0.230 e. The van der Waals surface area contributed by atoms with Crippen LogP contribution >= 0.6 is 11.3 Å². The second-order valence-electron chi connectivity index (χ2n) is 6.62. The first kappa shape index (κ1) is 19.6. The minimum absolute atomic E-state index is 0.162. The molecule has 0 saturated heterocycles. The SMILES string of the molecule is Cc1ccnc(Nc2nc(CC(=O)Nc3ccccc3Oc3ccccc3)cs2)c1. The lowest BCUT2D eigenvalue weighted by atomic mass is 10.2. The number of aromatic nitrogens is 2. The summed E-state index contributed by atoms with van der Waals surface area (Å²) in [5.41, 5.74) is 2.41. The van der Waals surface area contributed by atoms with Gasteiger partial charge in [0.1, 0.15) is 11.6 Å². The molecule has 0 radical (unpaired) electrons. The third-order valence-corrected chi connectivity index (χ3v) is 4.98. The highest BCUT2D eigenvalue weighted by molar-refractivity contribution is 7.13. The molecule has 0 aliphatic rings. The molecule has 0 fully saturated rings. The van der Waals surface area contributed by atoms with Crippen LogP contribution in [0.4, 0.5) is 16.6 Å².